The summed E-state index contributed by atoms with van der Waals surface area (Å²) in [5.41, 5.74) is 0.655. The third kappa shape index (κ3) is 1.51. The fourth-order valence-electron chi connectivity index (χ4n) is 0.549. The zero-order valence-electron chi connectivity index (χ0n) is 5.26. The number of hydrogen-bond donors (Lipinski definition) is 0. The van der Waals surface area contributed by atoms with Gasteiger partial charge in [0.2, 0.25) is 0 Å². The van der Waals surface area contributed by atoms with E-state index in [1.807, 2.05) is 4.94 Å². The van der Waals surface area contributed by atoms with Crippen LogP contribution in [0.2, 0.25) is 0 Å². The van der Waals surface area contributed by atoms with Crippen LogP contribution in [-0.4, -0.2) is 27.6 Å². The van der Waals surface area contributed by atoms with E-state index in [1.165, 1.54) is 7.11 Å². The van der Waals surface area contributed by atoms with E-state index >= 15 is 0 Å². The van der Waals surface area contributed by atoms with Gasteiger partial charge in [0, 0.05) is 0 Å². The van der Waals surface area contributed by atoms with Gasteiger partial charge in [-0.1, -0.05) is 0 Å². The number of ether oxygens (including phenoxy) is 1. The molecule has 0 saturated carbocycles. The van der Waals surface area contributed by atoms with Crippen molar-refractivity contribution >= 4 is 36.4 Å². The molecular weight excluding hydrogens is 263 g/mol. The summed E-state index contributed by atoms with van der Waals surface area (Å²) in [6.07, 6.45) is 0. The van der Waals surface area contributed by atoms with Gasteiger partial charge in [-0.2, -0.15) is 0 Å². The summed E-state index contributed by atoms with van der Waals surface area (Å²) in [6, 6.07) is 1.79. The first-order valence-electron chi connectivity index (χ1n) is 2.57. The van der Waals surface area contributed by atoms with Crippen LogP contribution in [-0.2, 0) is 4.74 Å². The zero-order valence-corrected chi connectivity index (χ0v) is 8.56. The van der Waals surface area contributed by atoms with E-state index in [0.717, 1.165) is 3.35 Å². The second-order valence-corrected chi connectivity index (χ2v) is 5.50. The predicted octanol–water partition coefficient (Wildman–Crippen LogP) is 1.29. The van der Waals surface area contributed by atoms with Gasteiger partial charge >= 0.3 is 73.0 Å². The van der Waals surface area contributed by atoms with E-state index in [4.69, 9.17) is 0 Å². The molecule has 0 aromatic carbocycles. The van der Waals surface area contributed by atoms with E-state index in [0.29, 0.717) is 20.1 Å². The number of halogens is 1. The fourth-order valence-corrected chi connectivity index (χ4v) is 2.67. The summed E-state index contributed by atoms with van der Waals surface area (Å²) in [5, 5.41) is 0. The molecule has 10 heavy (non-hydrogen) atoms. The van der Waals surface area contributed by atoms with E-state index in [-0.39, 0.29) is 5.97 Å². The van der Waals surface area contributed by atoms with Gasteiger partial charge in [0.05, 0.1) is 0 Å². The number of methoxy groups -OCH3 is 1. The molecule has 0 atom stereocenters. The second kappa shape index (κ2) is 3.37. The van der Waals surface area contributed by atoms with Crippen molar-refractivity contribution in [2.75, 3.05) is 7.11 Å². The molecule has 0 bridgehead atoms. The molecule has 0 unspecified atom stereocenters. The third-order valence-corrected chi connectivity index (χ3v) is 3.89. The van der Waals surface area contributed by atoms with Crippen LogP contribution in [0.4, 0.5) is 0 Å². The van der Waals surface area contributed by atoms with Crippen LogP contribution >= 0.6 is 15.9 Å². The average Bonchev–Trinajstić information content (AvgIpc) is 2.34. The predicted molar refractivity (Wildman–Crippen MR) is 42.4 cm³/mol. The monoisotopic (exact) mass is 268 g/mol. The third-order valence-electron chi connectivity index (χ3n) is 1.02. The summed E-state index contributed by atoms with van der Waals surface area (Å²) in [5.74, 6) is -0.262. The van der Waals surface area contributed by atoms with Crippen molar-refractivity contribution in [2.45, 2.75) is 0 Å². The Morgan fingerprint density at radius 2 is 2.50 bits per heavy atom. The van der Waals surface area contributed by atoms with E-state index in [1.54, 1.807) is 6.07 Å². The van der Waals surface area contributed by atoms with Crippen LogP contribution < -0.4 is 0 Å². The van der Waals surface area contributed by atoms with E-state index in [9.17, 15) is 4.79 Å². The molecule has 0 aliphatic rings. The molecule has 1 aromatic heterocycles. The molecule has 1 rings (SSSR count). The van der Waals surface area contributed by atoms with Crippen LogP contribution in [0.25, 0.3) is 0 Å². The molecule has 0 aliphatic carbocycles. The van der Waals surface area contributed by atoms with Gasteiger partial charge in [0.15, 0.2) is 0 Å². The molecule has 0 amide bonds. The Labute approximate surface area is 73.1 Å². The molecule has 0 radical (unpaired) electrons. The Kier molecular flexibility index (Phi) is 2.71. The van der Waals surface area contributed by atoms with Crippen LogP contribution in [0.5, 0.6) is 0 Å². The van der Waals surface area contributed by atoms with Crippen molar-refractivity contribution < 1.29 is 9.53 Å². The van der Waals surface area contributed by atoms with Gasteiger partial charge in [-0.15, -0.1) is 0 Å². The topological polar surface area (TPSA) is 26.3 Å². The van der Waals surface area contributed by atoms with Crippen molar-refractivity contribution in [3.63, 3.8) is 0 Å². The van der Waals surface area contributed by atoms with Crippen LogP contribution in [0.1, 0.15) is 10.4 Å². The SMILES string of the molecule is COC(=O)c1cc[se]c1Br. The normalized spacial score (nSPS) is 9.40. The minimum absolute atomic E-state index is 0.262. The van der Waals surface area contributed by atoms with E-state index < -0.39 is 0 Å². The van der Waals surface area contributed by atoms with Crippen LogP contribution in [0.3, 0.4) is 0 Å². The van der Waals surface area contributed by atoms with Crippen molar-refractivity contribution in [1.29, 1.82) is 0 Å². The Bertz CT molecular complexity index is 244. The number of esters is 1. The molecule has 54 valence electrons. The average molecular weight is 268 g/mol. The molecule has 2 nitrogen and oxygen atoms in total. The first-order valence-corrected chi connectivity index (χ1v) is 5.21. The standard InChI is InChI=1S/C6H5BrO2Se/c1-9-6(8)4-2-3-10-5(4)7/h2-3H,1H3. The fraction of sp³-hybridized carbons (Fsp3) is 0.167. The molecule has 0 spiro atoms. The molecule has 0 saturated heterocycles. The van der Waals surface area contributed by atoms with Crippen molar-refractivity contribution in [1.82, 2.24) is 0 Å². The molecule has 0 fully saturated rings. The summed E-state index contributed by atoms with van der Waals surface area (Å²) in [7, 11) is 1.38. The Morgan fingerprint density at radius 3 is 2.90 bits per heavy atom. The summed E-state index contributed by atoms with van der Waals surface area (Å²) >= 11 is 3.59. The van der Waals surface area contributed by atoms with Crippen molar-refractivity contribution in [3.05, 3.63) is 19.9 Å². The zero-order chi connectivity index (χ0) is 7.56. The first kappa shape index (κ1) is 8.05. The number of rotatable bonds is 1. The van der Waals surface area contributed by atoms with Gasteiger partial charge in [0.1, 0.15) is 0 Å². The summed E-state index contributed by atoms with van der Waals surface area (Å²) in [6.45, 7) is 0. The Hall–Kier alpha value is -0.0505. The molecule has 0 N–H and O–H groups in total. The van der Waals surface area contributed by atoms with Gasteiger partial charge < -0.3 is 0 Å². The summed E-state index contributed by atoms with van der Waals surface area (Å²) in [4.78, 5) is 12.8. The maximum atomic E-state index is 10.9. The summed E-state index contributed by atoms with van der Waals surface area (Å²) < 4.78 is 5.50. The Balaban J connectivity index is 2.93. The van der Waals surface area contributed by atoms with Gasteiger partial charge in [-0.3, -0.25) is 0 Å². The van der Waals surface area contributed by atoms with Gasteiger partial charge in [-0.05, 0) is 0 Å². The minimum atomic E-state index is -0.262. The number of carbonyl (C=O) groups excluding carboxylic acids is 1. The molecule has 4 heteroatoms. The van der Waals surface area contributed by atoms with Crippen molar-refractivity contribution in [2.24, 2.45) is 0 Å². The second-order valence-electron chi connectivity index (χ2n) is 1.60. The molecule has 1 heterocycles. The quantitative estimate of drug-likeness (QED) is 0.566. The Morgan fingerprint density at radius 1 is 1.80 bits per heavy atom. The van der Waals surface area contributed by atoms with Crippen LogP contribution in [0.15, 0.2) is 14.4 Å². The molecular formula is C6H5BrO2Se. The first-order chi connectivity index (χ1) is 4.75. The number of hydrogen-bond acceptors (Lipinski definition) is 2. The maximum absolute atomic E-state index is 10.9. The molecule has 0 aliphatic heterocycles. The number of carbonyl (C=O) groups is 1. The molecule has 1 aromatic rings. The van der Waals surface area contributed by atoms with E-state index in [2.05, 4.69) is 20.7 Å². The van der Waals surface area contributed by atoms with Crippen molar-refractivity contribution in [3.8, 4) is 0 Å². The van der Waals surface area contributed by atoms with Gasteiger partial charge in [-0.25, -0.2) is 0 Å². The van der Waals surface area contributed by atoms with Crippen LogP contribution in [0, 0.1) is 0 Å². The van der Waals surface area contributed by atoms with Gasteiger partial charge in [0.25, 0.3) is 0 Å².